The topological polar surface area (TPSA) is 84.1 Å². The van der Waals surface area contributed by atoms with E-state index in [1.54, 1.807) is 12.3 Å². The number of rotatable bonds is 4. The van der Waals surface area contributed by atoms with Crippen molar-refractivity contribution >= 4 is 17.4 Å². The fourth-order valence-corrected chi connectivity index (χ4v) is 4.99. The van der Waals surface area contributed by atoms with Gasteiger partial charge in [-0.25, -0.2) is 14.4 Å². The van der Waals surface area contributed by atoms with Gasteiger partial charge in [-0.1, -0.05) is 26.0 Å². The predicted molar refractivity (Wildman–Crippen MR) is 133 cm³/mol. The minimum absolute atomic E-state index is 0.160. The standard InChI is InChI=1S/C27H30FN5O/c1-16(2)19-4-3-11-33(15-19)20-7-5-17(6-8-20)24-14-31-26(29)25(32-24)22-12-18-9-10-30-27(34)21(18)13-23(22)28/h5-8,12-14,16,19H,3-4,9-11,15H2,1-2H3,(H2,29,31)(H,30,34). The van der Waals surface area contributed by atoms with Gasteiger partial charge < -0.3 is 16.0 Å². The molecule has 34 heavy (non-hydrogen) atoms. The molecule has 1 atom stereocenters. The molecule has 0 aliphatic carbocycles. The molecule has 0 saturated carbocycles. The summed E-state index contributed by atoms with van der Waals surface area (Å²) in [5.41, 5.74) is 10.6. The van der Waals surface area contributed by atoms with Crippen LogP contribution in [0.4, 0.5) is 15.9 Å². The third-order valence-electron chi connectivity index (χ3n) is 7.10. The third-order valence-corrected chi connectivity index (χ3v) is 7.10. The summed E-state index contributed by atoms with van der Waals surface area (Å²) in [4.78, 5) is 23.5. The molecule has 1 saturated heterocycles. The first-order valence-electron chi connectivity index (χ1n) is 12.0. The molecule has 3 N–H and O–H groups in total. The molecule has 5 rings (SSSR count). The van der Waals surface area contributed by atoms with E-state index in [4.69, 9.17) is 5.73 Å². The normalized spacial score (nSPS) is 18.1. The van der Waals surface area contributed by atoms with Crippen molar-refractivity contribution in [2.24, 2.45) is 11.8 Å². The second-order valence-corrected chi connectivity index (χ2v) is 9.62. The van der Waals surface area contributed by atoms with E-state index in [2.05, 4.69) is 46.2 Å². The number of aromatic nitrogens is 2. The van der Waals surface area contributed by atoms with E-state index >= 15 is 0 Å². The molecule has 7 heteroatoms. The van der Waals surface area contributed by atoms with Crippen LogP contribution in [0.2, 0.25) is 0 Å². The highest BCUT2D eigenvalue weighted by Gasteiger charge is 2.24. The highest BCUT2D eigenvalue weighted by Crippen LogP contribution is 2.32. The average Bonchev–Trinajstić information content (AvgIpc) is 2.85. The second kappa shape index (κ2) is 9.05. The Morgan fingerprint density at radius 3 is 2.74 bits per heavy atom. The van der Waals surface area contributed by atoms with Crippen LogP contribution in [0.25, 0.3) is 22.5 Å². The van der Waals surface area contributed by atoms with Crippen molar-refractivity contribution in [3.8, 4) is 22.5 Å². The lowest BCUT2D eigenvalue weighted by atomic mass is 9.87. The van der Waals surface area contributed by atoms with Crippen LogP contribution in [-0.2, 0) is 6.42 Å². The van der Waals surface area contributed by atoms with Crippen LogP contribution >= 0.6 is 0 Å². The number of benzene rings is 2. The maximum absolute atomic E-state index is 15.0. The first-order chi connectivity index (χ1) is 16.4. The van der Waals surface area contributed by atoms with Crippen LogP contribution in [0.3, 0.4) is 0 Å². The van der Waals surface area contributed by atoms with Crippen molar-refractivity contribution < 1.29 is 9.18 Å². The zero-order chi connectivity index (χ0) is 23.8. The monoisotopic (exact) mass is 459 g/mol. The van der Waals surface area contributed by atoms with E-state index in [-0.39, 0.29) is 17.3 Å². The Kier molecular flexibility index (Phi) is 5.94. The summed E-state index contributed by atoms with van der Waals surface area (Å²) in [6, 6.07) is 11.3. The quantitative estimate of drug-likeness (QED) is 0.591. The molecule has 0 bridgehead atoms. The van der Waals surface area contributed by atoms with E-state index in [1.165, 1.54) is 24.6 Å². The van der Waals surface area contributed by atoms with Crippen molar-refractivity contribution in [2.75, 3.05) is 30.3 Å². The lowest BCUT2D eigenvalue weighted by Crippen LogP contribution is -2.37. The first-order valence-corrected chi connectivity index (χ1v) is 12.0. The van der Waals surface area contributed by atoms with Gasteiger partial charge in [0.15, 0.2) is 0 Å². The minimum Gasteiger partial charge on any atom is -0.382 e. The molecular formula is C27H30FN5O. The van der Waals surface area contributed by atoms with E-state index < -0.39 is 5.82 Å². The Morgan fingerprint density at radius 2 is 1.97 bits per heavy atom. The number of hydrogen-bond donors (Lipinski definition) is 2. The van der Waals surface area contributed by atoms with Gasteiger partial charge in [0.2, 0.25) is 0 Å². The molecule has 3 heterocycles. The van der Waals surface area contributed by atoms with Crippen LogP contribution in [-0.4, -0.2) is 35.5 Å². The van der Waals surface area contributed by atoms with Crippen LogP contribution < -0.4 is 16.0 Å². The Morgan fingerprint density at radius 1 is 1.18 bits per heavy atom. The Hall–Kier alpha value is -3.48. The first kappa shape index (κ1) is 22.3. The molecule has 0 spiro atoms. The molecule has 0 radical (unpaired) electrons. The number of anilines is 2. The van der Waals surface area contributed by atoms with Crippen molar-refractivity contribution in [1.82, 2.24) is 15.3 Å². The minimum atomic E-state index is -0.533. The summed E-state index contributed by atoms with van der Waals surface area (Å²) < 4.78 is 15.0. The number of nitrogens with one attached hydrogen (secondary N) is 1. The number of nitrogens with two attached hydrogens (primary N) is 1. The smallest absolute Gasteiger partial charge is 0.251 e. The molecule has 3 aromatic rings. The zero-order valence-corrected chi connectivity index (χ0v) is 19.6. The number of hydrogen-bond acceptors (Lipinski definition) is 5. The number of carbonyl (C=O) groups excluding carboxylic acids is 1. The lowest BCUT2D eigenvalue weighted by molar-refractivity contribution is 0.0945. The summed E-state index contributed by atoms with van der Waals surface area (Å²) in [5.74, 6) is 0.773. The summed E-state index contributed by atoms with van der Waals surface area (Å²) in [6.45, 7) is 7.28. The largest absolute Gasteiger partial charge is 0.382 e. The van der Waals surface area contributed by atoms with Crippen LogP contribution in [0.1, 0.15) is 42.6 Å². The highest BCUT2D eigenvalue weighted by molar-refractivity contribution is 5.97. The number of amides is 1. The Balaban J connectivity index is 1.44. The lowest BCUT2D eigenvalue weighted by Gasteiger charge is -2.36. The number of fused-ring (bicyclic) bond motifs is 1. The highest BCUT2D eigenvalue weighted by atomic mass is 19.1. The fourth-order valence-electron chi connectivity index (χ4n) is 4.99. The van der Waals surface area contributed by atoms with Gasteiger partial charge in [0.05, 0.1) is 11.9 Å². The number of nitrogens with zero attached hydrogens (tertiary/aromatic N) is 3. The predicted octanol–water partition coefficient (Wildman–Crippen LogP) is 4.69. The summed E-state index contributed by atoms with van der Waals surface area (Å²) in [5, 5.41) is 2.74. The van der Waals surface area contributed by atoms with Crippen LogP contribution in [0.15, 0.2) is 42.6 Å². The maximum Gasteiger partial charge on any atom is 0.251 e. The number of carbonyl (C=O) groups is 1. The molecule has 1 amide bonds. The molecule has 2 aromatic carbocycles. The molecule has 2 aliphatic heterocycles. The van der Waals surface area contributed by atoms with Gasteiger partial charge in [0.25, 0.3) is 5.91 Å². The van der Waals surface area contributed by atoms with Gasteiger partial charge in [0, 0.05) is 42.0 Å². The van der Waals surface area contributed by atoms with Gasteiger partial charge >= 0.3 is 0 Å². The van der Waals surface area contributed by atoms with Gasteiger partial charge in [-0.3, -0.25) is 4.79 Å². The van der Waals surface area contributed by atoms with Crippen molar-refractivity contribution in [2.45, 2.75) is 33.1 Å². The van der Waals surface area contributed by atoms with Gasteiger partial charge in [0.1, 0.15) is 17.3 Å². The third kappa shape index (κ3) is 4.22. The van der Waals surface area contributed by atoms with Crippen LogP contribution in [0, 0.1) is 17.7 Å². The second-order valence-electron chi connectivity index (χ2n) is 9.62. The van der Waals surface area contributed by atoms with Crippen molar-refractivity contribution in [1.29, 1.82) is 0 Å². The zero-order valence-electron chi connectivity index (χ0n) is 19.6. The van der Waals surface area contributed by atoms with Crippen molar-refractivity contribution in [3.05, 3.63) is 59.5 Å². The van der Waals surface area contributed by atoms with Crippen molar-refractivity contribution in [3.63, 3.8) is 0 Å². The number of piperidine rings is 1. The number of nitrogen functional groups attached to an aromatic ring is 1. The van der Waals surface area contributed by atoms with E-state index in [0.29, 0.717) is 35.8 Å². The van der Waals surface area contributed by atoms with Gasteiger partial charge in [-0.2, -0.15) is 0 Å². The van der Waals surface area contributed by atoms with Gasteiger partial charge in [-0.15, -0.1) is 0 Å². The maximum atomic E-state index is 15.0. The fraction of sp³-hybridized carbons (Fsp3) is 0.370. The molecule has 1 aromatic heterocycles. The van der Waals surface area contributed by atoms with Gasteiger partial charge in [-0.05, 0) is 60.9 Å². The summed E-state index contributed by atoms with van der Waals surface area (Å²) in [6.07, 6.45) is 4.76. The molecule has 1 fully saturated rings. The number of halogens is 1. The summed E-state index contributed by atoms with van der Waals surface area (Å²) in [7, 11) is 0. The Labute approximate surface area is 199 Å². The Bertz CT molecular complexity index is 1220. The molecular weight excluding hydrogens is 429 g/mol. The van der Waals surface area contributed by atoms with E-state index in [9.17, 15) is 9.18 Å². The van der Waals surface area contributed by atoms with E-state index in [0.717, 1.165) is 30.1 Å². The molecule has 6 nitrogen and oxygen atoms in total. The molecule has 176 valence electrons. The summed E-state index contributed by atoms with van der Waals surface area (Å²) >= 11 is 0. The van der Waals surface area contributed by atoms with E-state index in [1.807, 2.05) is 12.1 Å². The molecule has 1 unspecified atom stereocenters. The molecule has 2 aliphatic rings. The average molecular weight is 460 g/mol. The van der Waals surface area contributed by atoms with Crippen LogP contribution in [0.5, 0.6) is 0 Å². The SMILES string of the molecule is CC(C)C1CCCN(c2ccc(-c3cnc(N)c(-c4cc5c(cc4F)C(=O)NCC5)n3)cc2)C1.